The number of hydrogen-bond donors (Lipinski definition) is 7. The number of rotatable bonds is 30. The van der Waals surface area contributed by atoms with Gasteiger partial charge in [-0.25, -0.2) is 24.5 Å². The monoisotopic (exact) mass is 1570 g/mol. The number of nitrogens with one attached hydrogen (secondary N) is 4. The number of ether oxygens (including phenoxy) is 6. The fourth-order valence-electron chi connectivity index (χ4n) is 9.09. The first-order valence-corrected chi connectivity index (χ1v) is 33.3. The topological polar surface area (TPSA) is 440 Å². The third-order valence-corrected chi connectivity index (χ3v) is 14.3. The normalized spacial score (nSPS) is 10.8. The Labute approximate surface area is 637 Å². The van der Waals surface area contributed by atoms with Crippen molar-refractivity contribution in [2.45, 2.75) is 32.0 Å². The summed E-state index contributed by atoms with van der Waals surface area (Å²) in [4.78, 5) is 91.5. The molecule has 0 aromatic carbocycles. The largest absolute Gasteiger partial charge is 0.490 e. The van der Waals surface area contributed by atoms with Crippen molar-refractivity contribution in [2.24, 2.45) is 0 Å². The second-order valence-electron chi connectivity index (χ2n) is 22.2. The molecule has 0 aliphatic carbocycles. The van der Waals surface area contributed by atoms with E-state index in [1.807, 2.05) is 66.7 Å². The number of pyridine rings is 6. The van der Waals surface area contributed by atoms with Gasteiger partial charge in [-0.3, -0.25) is 53.3 Å². The third-order valence-electron chi connectivity index (χ3n) is 14.3. The summed E-state index contributed by atoms with van der Waals surface area (Å²) in [6.07, 6.45) is 8.27. The first-order valence-electron chi connectivity index (χ1n) is 33.3. The molecule has 12 heterocycles. The maximum absolute atomic E-state index is 13.0. The van der Waals surface area contributed by atoms with E-state index in [1.54, 1.807) is 164 Å². The van der Waals surface area contributed by atoms with Crippen molar-refractivity contribution >= 4 is 53.2 Å². The fourth-order valence-corrected chi connectivity index (χ4v) is 9.09. The Morgan fingerprint density at radius 1 is 0.469 bits per heavy atom. The fraction of sp³-hybridized carbons (Fsp3) is 0.233. The lowest BCUT2D eigenvalue weighted by atomic mass is 10.2. The average molecular weight is 1570 g/mol. The predicted octanol–water partition coefficient (Wildman–Crippen LogP) is 10.6. The first-order chi connectivity index (χ1) is 54.5. The van der Waals surface area contributed by atoms with E-state index >= 15 is 0 Å². The number of hydrogen-bond acceptors (Lipinski definition) is 24. The van der Waals surface area contributed by atoms with Crippen molar-refractivity contribution in [3.05, 3.63) is 213 Å². The number of aliphatic carboxylic acids is 2. The molecule has 0 unspecified atom stereocenters. The Kier molecular flexibility index (Phi) is 34.9. The van der Waals surface area contributed by atoms with E-state index in [9.17, 15) is 40.7 Å². The summed E-state index contributed by atoms with van der Waals surface area (Å²) in [6.45, 7) is 5.83. The van der Waals surface area contributed by atoms with Crippen molar-refractivity contribution in [3.8, 4) is 68.1 Å². The zero-order valence-electron chi connectivity index (χ0n) is 60.2. The molecule has 0 fully saturated rings. The number of nitrogens with zero attached hydrogens (tertiary/aromatic N) is 13. The van der Waals surface area contributed by atoms with Crippen LogP contribution in [0.15, 0.2) is 205 Å². The lowest BCUT2D eigenvalue weighted by Gasteiger charge is -2.06. The van der Waals surface area contributed by atoms with Gasteiger partial charge < -0.3 is 68.5 Å². The number of alkyl halides is 6. The van der Waals surface area contributed by atoms with Crippen LogP contribution in [0.2, 0.25) is 0 Å². The molecular formula is C73H73F6N17O17. The summed E-state index contributed by atoms with van der Waals surface area (Å²) < 4.78 is 111. The molecule has 12 rings (SSSR count). The van der Waals surface area contributed by atoms with Gasteiger partial charge in [-0.1, -0.05) is 36.4 Å². The van der Waals surface area contributed by atoms with E-state index in [0.717, 1.165) is 11.1 Å². The second-order valence-corrected chi connectivity index (χ2v) is 22.2. The van der Waals surface area contributed by atoms with Crippen LogP contribution in [0.1, 0.15) is 31.5 Å². The second kappa shape index (κ2) is 45.4. The maximum Gasteiger partial charge on any atom is 0.490 e. The van der Waals surface area contributed by atoms with Crippen LogP contribution in [0.25, 0.3) is 68.1 Å². The quantitative estimate of drug-likeness (QED) is 0.0125. The number of halogens is 6. The van der Waals surface area contributed by atoms with E-state index in [-0.39, 0.29) is 41.3 Å². The van der Waals surface area contributed by atoms with Gasteiger partial charge in [-0.15, -0.1) is 0 Å². The molecule has 0 atom stereocenters. The standard InChI is InChI=1S/2C23H23N5O4.C22H23N7O3.2C2HF3O2.CH2O2/c1-30-14-15-31-13-11-28-16-20(22(27-28)18-6-2-3-10-24-18)26-23(29)19-8-4-7-17(25-19)21-9-5-12-32-21;1-30-13-14-31-12-10-28-15-21(22(27-28)19-5-2-3-9-24-19)26-23(29)20-7-4-6-18(25-20)17-8-11-32-16-17;1-31-11-12-32-10-9-29-15-20(21(28-29)18-5-2-3-8-23-18)27-22(30)19-7-4-6-17(26-19)16-13-24-25-14-16;2*3-2(4,5)1(6)7;2-1-3/h2-10,12,16H,11,13-15H2,1H3,(H,26,29);2-9,11,15-16H,10,12-14H2,1H3,(H,26,29);2-8,13-15H,9-12H2,1H3,(H,24,25)(H,27,30);2*(H,6,7);1H,(H,2,3). The highest BCUT2D eigenvalue weighted by Crippen LogP contribution is 2.30. The van der Waals surface area contributed by atoms with E-state index in [0.29, 0.717) is 153 Å². The molecule has 7 N–H and O–H groups in total. The summed E-state index contributed by atoms with van der Waals surface area (Å²) in [6, 6.07) is 37.7. The van der Waals surface area contributed by atoms with Crippen LogP contribution in [0.5, 0.6) is 0 Å². The zero-order chi connectivity index (χ0) is 81.4. The number of furan rings is 2. The SMILES string of the molecule is COCCOCCn1cc(NC(=O)c2cccc(-c3ccco3)n2)c(-c2ccccn2)n1.COCCOCCn1cc(NC(=O)c2cccc(-c3ccoc3)n2)c(-c2ccccn2)n1.COCCOCCn1cc(NC(=O)c2cccc(-c3cn[nH]c3)n2)c(-c2ccccn2)n1.O=C(O)C(F)(F)F.O=C(O)C(F)(F)F.O=CO. The van der Waals surface area contributed by atoms with E-state index in [2.05, 4.69) is 71.3 Å². The van der Waals surface area contributed by atoms with E-state index in [4.69, 9.17) is 67.0 Å². The average Bonchev–Trinajstić information content (AvgIpc) is 1.46. The number of aromatic nitrogens is 14. The molecule has 0 saturated carbocycles. The number of aromatic amines is 1. The van der Waals surface area contributed by atoms with Gasteiger partial charge in [0.25, 0.3) is 24.2 Å². The molecule has 594 valence electrons. The van der Waals surface area contributed by atoms with E-state index < -0.39 is 24.3 Å². The number of carbonyl (C=O) groups is 6. The van der Waals surface area contributed by atoms with Gasteiger partial charge in [-0.2, -0.15) is 46.7 Å². The molecular weight excluding hydrogens is 1500 g/mol. The van der Waals surface area contributed by atoms with Gasteiger partial charge in [0.1, 0.15) is 39.9 Å². The van der Waals surface area contributed by atoms with Gasteiger partial charge in [0.2, 0.25) is 0 Å². The molecule has 113 heavy (non-hydrogen) atoms. The summed E-state index contributed by atoms with van der Waals surface area (Å²) >= 11 is 0. The highest BCUT2D eigenvalue weighted by atomic mass is 19.4. The van der Waals surface area contributed by atoms with Gasteiger partial charge in [-0.05, 0) is 91.0 Å². The van der Waals surface area contributed by atoms with Crippen molar-refractivity contribution in [3.63, 3.8) is 0 Å². The Balaban J connectivity index is 0.000000212. The molecule has 40 heteroatoms. The summed E-state index contributed by atoms with van der Waals surface area (Å²) in [5.74, 6) is -5.96. The highest BCUT2D eigenvalue weighted by Gasteiger charge is 2.39. The minimum Gasteiger partial charge on any atom is -0.483 e. The van der Waals surface area contributed by atoms with Crippen LogP contribution in [0, 0.1) is 0 Å². The Morgan fingerprint density at radius 2 is 0.832 bits per heavy atom. The molecule has 12 aromatic rings. The molecule has 0 spiro atoms. The minimum absolute atomic E-state index is 0.250. The van der Waals surface area contributed by atoms with Gasteiger partial charge in [0, 0.05) is 75.8 Å². The van der Waals surface area contributed by atoms with Crippen molar-refractivity contribution < 1.29 is 108 Å². The highest BCUT2D eigenvalue weighted by molar-refractivity contribution is 6.06. The predicted molar refractivity (Wildman–Crippen MR) is 390 cm³/mol. The van der Waals surface area contributed by atoms with Crippen LogP contribution < -0.4 is 16.0 Å². The number of anilines is 3. The molecule has 0 bridgehead atoms. The van der Waals surface area contributed by atoms with Crippen LogP contribution in [0.3, 0.4) is 0 Å². The van der Waals surface area contributed by atoms with Gasteiger partial charge in [0.15, 0.2) is 5.76 Å². The molecule has 0 aliphatic rings. The number of carbonyl (C=O) groups excluding carboxylic acids is 3. The Morgan fingerprint density at radius 3 is 1.14 bits per heavy atom. The summed E-state index contributed by atoms with van der Waals surface area (Å²) in [7, 11) is 4.89. The molecule has 3 amide bonds. The number of carboxylic acid groups (broad SMARTS) is 3. The molecule has 0 saturated heterocycles. The molecule has 34 nitrogen and oxygen atoms in total. The number of carboxylic acids is 2. The Hall–Kier alpha value is -13.5. The smallest absolute Gasteiger partial charge is 0.483 e. The third kappa shape index (κ3) is 28.8. The van der Waals surface area contributed by atoms with Crippen molar-refractivity contribution in [2.75, 3.05) is 96.7 Å². The molecule has 0 aliphatic heterocycles. The number of H-pyrrole nitrogens is 1. The summed E-state index contributed by atoms with van der Waals surface area (Å²) in [5.41, 5.74) is 9.61. The number of amides is 3. The van der Waals surface area contributed by atoms with Gasteiger partial charge in [0.05, 0.1) is 150 Å². The zero-order valence-corrected chi connectivity index (χ0v) is 60.2. The Bertz CT molecular complexity index is 4390. The van der Waals surface area contributed by atoms with Crippen molar-refractivity contribution in [1.29, 1.82) is 0 Å². The molecule has 12 aromatic heterocycles. The van der Waals surface area contributed by atoms with Crippen LogP contribution in [-0.2, 0) is 62.4 Å². The molecule has 0 radical (unpaired) electrons. The number of methoxy groups -OCH3 is 3. The van der Waals surface area contributed by atoms with E-state index in [1.165, 1.54) is 0 Å². The lowest BCUT2D eigenvalue weighted by molar-refractivity contribution is -0.193. The van der Waals surface area contributed by atoms with Crippen LogP contribution >= 0.6 is 0 Å². The summed E-state index contributed by atoms with van der Waals surface area (Å²) in [5, 5.41) is 50.4. The van der Waals surface area contributed by atoms with Crippen molar-refractivity contribution in [1.82, 2.24) is 69.4 Å². The minimum atomic E-state index is -5.08. The maximum atomic E-state index is 13.0. The van der Waals surface area contributed by atoms with Gasteiger partial charge >= 0.3 is 24.3 Å². The lowest BCUT2D eigenvalue weighted by Crippen LogP contribution is -2.21. The first kappa shape index (κ1) is 86.7. The van der Waals surface area contributed by atoms with Crippen LogP contribution in [-0.4, -0.2) is 214 Å². The van der Waals surface area contributed by atoms with Crippen LogP contribution in [0.4, 0.5) is 43.4 Å².